The zero-order valence-corrected chi connectivity index (χ0v) is 13.8. The molecule has 0 atom stereocenters. The van der Waals surface area contributed by atoms with Gasteiger partial charge in [-0.05, 0) is 29.8 Å². The van der Waals surface area contributed by atoms with Gasteiger partial charge < -0.3 is 16.0 Å². The molecule has 2 aromatic heterocycles. The van der Waals surface area contributed by atoms with Crippen molar-refractivity contribution in [3.8, 4) is 0 Å². The number of hydrogen-bond donors (Lipinski definition) is 3. The first-order chi connectivity index (χ1) is 12.6. The summed E-state index contributed by atoms with van der Waals surface area (Å²) in [5, 5.41) is 4.77. The topological polar surface area (TPSA) is 101 Å². The summed E-state index contributed by atoms with van der Waals surface area (Å²) in [6.45, 7) is 0. The van der Waals surface area contributed by atoms with Crippen molar-refractivity contribution in [1.82, 2.24) is 9.97 Å². The third kappa shape index (κ3) is 2.88. The van der Waals surface area contributed by atoms with Crippen molar-refractivity contribution in [1.29, 1.82) is 0 Å². The van der Waals surface area contributed by atoms with Gasteiger partial charge in [-0.2, -0.15) is 0 Å². The third-order valence-corrected chi connectivity index (χ3v) is 4.27. The fraction of sp³-hybridized carbons (Fsp3) is 0.0500. The molecule has 128 valence electrons. The highest BCUT2D eigenvalue weighted by molar-refractivity contribution is 6.15. The predicted octanol–water partition coefficient (Wildman–Crippen LogP) is 3.00. The molecule has 0 spiro atoms. The number of aromatic nitrogens is 2. The lowest BCUT2D eigenvalue weighted by molar-refractivity contribution is -0.115. The number of fused-ring (bicyclic) bond motifs is 3. The summed E-state index contributed by atoms with van der Waals surface area (Å²) in [6, 6.07) is 14.7. The van der Waals surface area contributed by atoms with Gasteiger partial charge in [0.2, 0.25) is 5.91 Å². The SMILES string of the molecule is NC(=O)c1cccc2c1[nH]c1cc(NC(=O)Cc3cccnc3)ccc12. The maximum atomic E-state index is 12.2. The predicted molar refractivity (Wildman–Crippen MR) is 101 cm³/mol. The number of aromatic amines is 1. The fourth-order valence-electron chi connectivity index (χ4n) is 3.10. The van der Waals surface area contributed by atoms with Crippen LogP contribution in [0.4, 0.5) is 5.69 Å². The number of H-pyrrole nitrogens is 1. The van der Waals surface area contributed by atoms with Gasteiger partial charge in [0.25, 0.3) is 5.91 Å². The van der Waals surface area contributed by atoms with Crippen molar-refractivity contribution in [2.75, 3.05) is 5.32 Å². The number of amides is 2. The van der Waals surface area contributed by atoms with Crippen molar-refractivity contribution in [3.05, 3.63) is 72.1 Å². The second-order valence-corrected chi connectivity index (χ2v) is 6.06. The van der Waals surface area contributed by atoms with Crippen molar-refractivity contribution < 1.29 is 9.59 Å². The highest BCUT2D eigenvalue weighted by Gasteiger charge is 2.12. The van der Waals surface area contributed by atoms with Crippen LogP contribution in [0.2, 0.25) is 0 Å². The second-order valence-electron chi connectivity index (χ2n) is 6.06. The number of hydrogen-bond acceptors (Lipinski definition) is 3. The van der Waals surface area contributed by atoms with E-state index in [2.05, 4.69) is 15.3 Å². The maximum Gasteiger partial charge on any atom is 0.250 e. The Morgan fingerprint density at radius 1 is 1.08 bits per heavy atom. The minimum atomic E-state index is -0.479. The molecule has 0 aliphatic heterocycles. The molecule has 0 bridgehead atoms. The quantitative estimate of drug-likeness (QED) is 0.530. The Hall–Kier alpha value is -3.67. The van der Waals surface area contributed by atoms with E-state index in [9.17, 15) is 9.59 Å². The van der Waals surface area contributed by atoms with E-state index in [1.54, 1.807) is 30.6 Å². The van der Waals surface area contributed by atoms with Gasteiger partial charge in [0.05, 0.1) is 17.5 Å². The lowest BCUT2D eigenvalue weighted by Gasteiger charge is -2.05. The molecule has 0 fully saturated rings. The number of nitrogens with one attached hydrogen (secondary N) is 2. The Bertz CT molecular complexity index is 1130. The molecule has 2 amide bonds. The molecule has 2 heterocycles. The maximum absolute atomic E-state index is 12.2. The molecule has 6 heteroatoms. The number of carbonyl (C=O) groups is 2. The standard InChI is InChI=1S/C20H16N4O2/c21-20(26)16-5-1-4-15-14-7-6-13(10-17(14)24-19(15)16)23-18(25)9-12-3-2-8-22-11-12/h1-8,10-11,24H,9H2,(H2,21,26)(H,23,25). The highest BCUT2D eigenvalue weighted by Crippen LogP contribution is 2.29. The number of nitrogens with two attached hydrogens (primary N) is 1. The summed E-state index contributed by atoms with van der Waals surface area (Å²) >= 11 is 0. The third-order valence-electron chi connectivity index (χ3n) is 4.27. The number of rotatable bonds is 4. The van der Waals surface area contributed by atoms with E-state index in [1.165, 1.54) is 0 Å². The van der Waals surface area contributed by atoms with Gasteiger partial charge in [0, 0.05) is 34.4 Å². The van der Waals surface area contributed by atoms with Gasteiger partial charge in [0.15, 0.2) is 0 Å². The Morgan fingerprint density at radius 3 is 2.73 bits per heavy atom. The van der Waals surface area contributed by atoms with Crippen LogP contribution in [0.1, 0.15) is 15.9 Å². The van der Waals surface area contributed by atoms with Crippen LogP contribution in [0.25, 0.3) is 21.8 Å². The largest absolute Gasteiger partial charge is 0.366 e. The molecule has 0 aliphatic carbocycles. The van der Waals surface area contributed by atoms with Crippen molar-refractivity contribution in [2.24, 2.45) is 5.73 Å². The molecule has 0 radical (unpaired) electrons. The summed E-state index contributed by atoms with van der Waals surface area (Å²) in [4.78, 5) is 31.1. The van der Waals surface area contributed by atoms with E-state index < -0.39 is 5.91 Å². The Morgan fingerprint density at radius 2 is 1.96 bits per heavy atom. The van der Waals surface area contributed by atoms with E-state index in [0.717, 1.165) is 21.9 Å². The molecule has 4 N–H and O–H groups in total. The first-order valence-corrected chi connectivity index (χ1v) is 8.15. The summed E-state index contributed by atoms with van der Waals surface area (Å²) in [5.41, 5.74) is 8.95. The molecule has 4 rings (SSSR count). The van der Waals surface area contributed by atoms with Gasteiger partial charge in [-0.25, -0.2) is 0 Å². The molecule has 0 aliphatic rings. The molecule has 4 aromatic rings. The lowest BCUT2D eigenvalue weighted by Crippen LogP contribution is -2.14. The Labute approximate surface area is 149 Å². The van der Waals surface area contributed by atoms with Gasteiger partial charge in [0.1, 0.15) is 0 Å². The summed E-state index contributed by atoms with van der Waals surface area (Å²) < 4.78 is 0. The van der Waals surface area contributed by atoms with Gasteiger partial charge in [-0.1, -0.05) is 24.3 Å². The van der Waals surface area contributed by atoms with E-state index in [1.807, 2.05) is 30.3 Å². The minimum Gasteiger partial charge on any atom is -0.366 e. The van der Waals surface area contributed by atoms with Crippen molar-refractivity contribution in [2.45, 2.75) is 6.42 Å². The molecular formula is C20H16N4O2. The Balaban J connectivity index is 1.65. The molecule has 0 saturated heterocycles. The monoisotopic (exact) mass is 344 g/mol. The van der Waals surface area contributed by atoms with Crippen LogP contribution in [0.5, 0.6) is 0 Å². The normalized spacial score (nSPS) is 10.9. The molecule has 0 unspecified atom stereocenters. The first-order valence-electron chi connectivity index (χ1n) is 8.15. The minimum absolute atomic E-state index is 0.119. The summed E-state index contributed by atoms with van der Waals surface area (Å²) in [5.74, 6) is -0.599. The second kappa shape index (κ2) is 6.33. The van der Waals surface area contributed by atoms with Crippen LogP contribution in [0.15, 0.2) is 60.9 Å². The molecule has 2 aromatic carbocycles. The van der Waals surface area contributed by atoms with Gasteiger partial charge in [-0.15, -0.1) is 0 Å². The van der Waals surface area contributed by atoms with E-state index in [4.69, 9.17) is 5.73 Å². The molecular weight excluding hydrogens is 328 g/mol. The van der Waals surface area contributed by atoms with Crippen LogP contribution in [0, 0.1) is 0 Å². The number of benzene rings is 2. The number of primary amides is 1. The smallest absolute Gasteiger partial charge is 0.250 e. The zero-order chi connectivity index (χ0) is 18.1. The van der Waals surface area contributed by atoms with E-state index >= 15 is 0 Å². The van der Waals surface area contributed by atoms with E-state index in [0.29, 0.717) is 16.8 Å². The van der Waals surface area contributed by atoms with Crippen LogP contribution in [-0.2, 0) is 11.2 Å². The first kappa shape index (κ1) is 15.8. The summed E-state index contributed by atoms with van der Waals surface area (Å²) in [6.07, 6.45) is 3.60. The lowest BCUT2D eigenvalue weighted by atomic mass is 10.1. The fourth-order valence-corrected chi connectivity index (χ4v) is 3.10. The molecule has 0 saturated carbocycles. The van der Waals surface area contributed by atoms with Crippen LogP contribution in [0.3, 0.4) is 0 Å². The molecule has 26 heavy (non-hydrogen) atoms. The van der Waals surface area contributed by atoms with Crippen LogP contribution in [-0.4, -0.2) is 21.8 Å². The number of para-hydroxylation sites is 1. The number of nitrogens with zero attached hydrogens (tertiary/aromatic N) is 1. The van der Waals surface area contributed by atoms with Crippen molar-refractivity contribution in [3.63, 3.8) is 0 Å². The summed E-state index contributed by atoms with van der Waals surface area (Å²) in [7, 11) is 0. The van der Waals surface area contributed by atoms with Gasteiger partial charge >= 0.3 is 0 Å². The van der Waals surface area contributed by atoms with Crippen molar-refractivity contribution >= 4 is 39.3 Å². The van der Waals surface area contributed by atoms with E-state index in [-0.39, 0.29) is 12.3 Å². The average molecular weight is 344 g/mol. The highest BCUT2D eigenvalue weighted by atomic mass is 16.1. The number of carbonyl (C=O) groups excluding carboxylic acids is 2. The Kier molecular flexibility index (Phi) is 3.85. The zero-order valence-electron chi connectivity index (χ0n) is 13.8. The number of anilines is 1. The van der Waals surface area contributed by atoms with Crippen LogP contribution < -0.4 is 11.1 Å². The van der Waals surface area contributed by atoms with Gasteiger partial charge in [-0.3, -0.25) is 14.6 Å². The molecule has 6 nitrogen and oxygen atoms in total. The number of pyridine rings is 1. The average Bonchev–Trinajstić information content (AvgIpc) is 3.00. The van der Waals surface area contributed by atoms with Crippen LogP contribution >= 0.6 is 0 Å².